The molecule has 0 saturated carbocycles. The van der Waals surface area contributed by atoms with Crippen LogP contribution in [0.3, 0.4) is 0 Å². The molecule has 1 fully saturated rings. The SMILES string of the molecule is CCc1c(C)sc2nc(SCC(=O)NC(C)c3cccs3)n(CC3CCCO3)c(=O)c12. The number of rotatable bonds is 8. The van der Waals surface area contributed by atoms with Crippen LogP contribution in [0.4, 0.5) is 0 Å². The van der Waals surface area contributed by atoms with Crippen LogP contribution in [0.5, 0.6) is 0 Å². The maximum Gasteiger partial charge on any atom is 0.263 e. The number of thioether (sulfide) groups is 1. The van der Waals surface area contributed by atoms with Crippen LogP contribution >= 0.6 is 34.4 Å². The van der Waals surface area contributed by atoms with Gasteiger partial charge < -0.3 is 10.1 Å². The number of fused-ring (bicyclic) bond motifs is 1. The molecule has 9 heteroatoms. The van der Waals surface area contributed by atoms with Crippen molar-refractivity contribution in [2.75, 3.05) is 12.4 Å². The Bertz CT molecular complexity index is 1110. The molecule has 0 aliphatic carbocycles. The van der Waals surface area contributed by atoms with Crippen molar-refractivity contribution in [3.05, 3.63) is 43.2 Å². The Kier molecular flexibility index (Phi) is 7.15. The Labute approximate surface area is 194 Å². The van der Waals surface area contributed by atoms with Crippen LogP contribution in [0, 0.1) is 6.92 Å². The van der Waals surface area contributed by atoms with Crippen molar-refractivity contribution in [2.45, 2.75) is 63.9 Å². The van der Waals surface area contributed by atoms with Crippen LogP contribution in [0.15, 0.2) is 27.5 Å². The molecular formula is C22H27N3O3S3. The molecule has 1 N–H and O–H groups in total. The van der Waals surface area contributed by atoms with Gasteiger partial charge in [-0.2, -0.15) is 0 Å². The van der Waals surface area contributed by atoms with Gasteiger partial charge in [-0.25, -0.2) is 4.98 Å². The highest BCUT2D eigenvalue weighted by Crippen LogP contribution is 2.30. The number of aromatic nitrogens is 2. The average molecular weight is 478 g/mol. The Morgan fingerprint density at radius 2 is 2.32 bits per heavy atom. The van der Waals surface area contributed by atoms with Gasteiger partial charge in [-0.15, -0.1) is 22.7 Å². The summed E-state index contributed by atoms with van der Waals surface area (Å²) in [4.78, 5) is 33.9. The van der Waals surface area contributed by atoms with Crippen LogP contribution in [0.1, 0.15) is 48.0 Å². The van der Waals surface area contributed by atoms with Gasteiger partial charge in [0.1, 0.15) is 4.83 Å². The summed E-state index contributed by atoms with van der Waals surface area (Å²) in [6.07, 6.45) is 2.78. The van der Waals surface area contributed by atoms with E-state index in [2.05, 4.69) is 12.2 Å². The first-order chi connectivity index (χ1) is 15.0. The number of hydrogen-bond acceptors (Lipinski definition) is 7. The molecule has 3 aromatic heterocycles. The van der Waals surface area contributed by atoms with E-state index in [1.807, 2.05) is 31.4 Å². The summed E-state index contributed by atoms with van der Waals surface area (Å²) in [5, 5.41) is 6.35. The lowest BCUT2D eigenvalue weighted by molar-refractivity contribution is -0.119. The number of carbonyl (C=O) groups excluding carboxylic acids is 1. The largest absolute Gasteiger partial charge is 0.376 e. The maximum atomic E-state index is 13.5. The lowest BCUT2D eigenvalue weighted by Gasteiger charge is -2.16. The molecule has 31 heavy (non-hydrogen) atoms. The van der Waals surface area contributed by atoms with Crippen LogP contribution in [0.2, 0.25) is 0 Å². The molecule has 4 heterocycles. The number of ether oxygens (including phenoxy) is 1. The van der Waals surface area contributed by atoms with Crippen LogP contribution in [0.25, 0.3) is 10.2 Å². The molecule has 0 radical (unpaired) electrons. The molecule has 1 saturated heterocycles. The molecule has 2 atom stereocenters. The average Bonchev–Trinajstić information content (AvgIpc) is 3.49. The first-order valence-electron chi connectivity index (χ1n) is 10.6. The maximum absolute atomic E-state index is 13.5. The highest BCUT2D eigenvalue weighted by Gasteiger charge is 2.23. The van der Waals surface area contributed by atoms with Gasteiger partial charge in [0.2, 0.25) is 5.91 Å². The molecule has 1 aliphatic rings. The summed E-state index contributed by atoms with van der Waals surface area (Å²) in [7, 11) is 0. The third-order valence-electron chi connectivity index (χ3n) is 5.52. The zero-order chi connectivity index (χ0) is 22.0. The Balaban J connectivity index is 1.59. The number of nitrogens with zero attached hydrogens (tertiary/aromatic N) is 2. The van der Waals surface area contributed by atoms with Crippen molar-refractivity contribution in [1.29, 1.82) is 0 Å². The highest BCUT2D eigenvalue weighted by molar-refractivity contribution is 7.99. The second-order valence-corrected chi connectivity index (χ2v) is 10.8. The Morgan fingerprint density at radius 3 is 3.00 bits per heavy atom. The first kappa shape index (κ1) is 22.5. The van der Waals surface area contributed by atoms with Crippen LogP contribution in [-0.4, -0.2) is 33.9 Å². The topological polar surface area (TPSA) is 73.2 Å². The summed E-state index contributed by atoms with van der Waals surface area (Å²) in [5.74, 6) is 0.144. The lowest BCUT2D eigenvalue weighted by atomic mass is 10.1. The molecule has 0 spiro atoms. The van der Waals surface area contributed by atoms with Crippen molar-refractivity contribution in [1.82, 2.24) is 14.9 Å². The van der Waals surface area contributed by atoms with E-state index in [1.165, 1.54) is 11.8 Å². The third-order valence-corrected chi connectivity index (χ3v) is 8.59. The fourth-order valence-corrected chi connectivity index (χ4v) is 6.65. The Morgan fingerprint density at radius 1 is 1.48 bits per heavy atom. The van der Waals surface area contributed by atoms with Gasteiger partial charge in [-0.1, -0.05) is 24.8 Å². The summed E-state index contributed by atoms with van der Waals surface area (Å²) >= 11 is 4.51. The number of thiophene rings is 2. The number of amides is 1. The van der Waals surface area contributed by atoms with Gasteiger partial charge in [-0.3, -0.25) is 14.2 Å². The van der Waals surface area contributed by atoms with Gasteiger partial charge in [-0.05, 0) is 50.1 Å². The second-order valence-electron chi connectivity index (χ2n) is 7.71. The normalized spacial score (nSPS) is 17.3. The lowest BCUT2D eigenvalue weighted by Crippen LogP contribution is -2.30. The molecule has 0 aromatic carbocycles. The number of hydrogen-bond donors (Lipinski definition) is 1. The molecule has 0 bridgehead atoms. The summed E-state index contributed by atoms with van der Waals surface area (Å²) < 4.78 is 7.51. The summed E-state index contributed by atoms with van der Waals surface area (Å²) in [6.45, 7) is 7.31. The summed E-state index contributed by atoms with van der Waals surface area (Å²) in [6, 6.07) is 3.96. The Hall–Kier alpha value is -1.68. The zero-order valence-electron chi connectivity index (χ0n) is 18.0. The van der Waals surface area contributed by atoms with Crippen molar-refractivity contribution >= 4 is 50.6 Å². The van der Waals surface area contributed by atoms with E-state index in [0.29, 0.717) is 11.7 Å². The standard InChI is InChI=1S/C22H27N3O3S3/c1-4-16-14(3)31-20-19(16)21(27)25(11-15-7-5-9-28-15)22(24-20)30-12-18(26)23-13(2)17-8-6-10-29-17/h6,8,10,13,15H,4-5,7,9,11-12H2,1-3H3,(H,23,26). The van der Waals surface area contributed by atoms with E-state index in [4.69, 9.17) is 9.72 Å². The van der Waals surface area contributed by atoms with E-state index in [1.54, 1.807) is 27.2 Å². The van der Waals surface area contributed by atoms with Gasteiger partial charge >= 0.3 is 0 Å². The minimum absolute atomic E-state index is 0.0171. The highest BCUT2D eigenvalue weighted by atomic mass is 32.2. The first-order valence-corrected chi connectivity index (χ1v) is 13.3. The predicted molar refractivity (Wildman–Crippen MR) is 129 cm³/mol. The number of nitrogens with one attached hydrogen (secondary N) is 1. The van der Waals surface area contributed by atoms with E-state index in [-0.39, 0.29) is 29.4 Å². The minimum Gasteiger partial charge on any atom is -0.376 e. The van der Waals surface area contributed by atoms with Gasteiger partial charge in [0.15, 0.2) is 5.16 Å². The van der Waals surface area contributed by atoms with E-state index in [9.17, 15) is 9.59 Å². The van der Waals surface area contributed by atoms with Gasteiger partial charge in [0.05, 0.1) is 29.8 Å². The minimum atomic E-state index is -0.0690. The molecular weight excluding hydrogens is 450 g/mol. The quantitative estimate of drug-likeness (QED) is 0.381. The smallest absolute Gasteiger partial charge is 0.263 e. The van der Waals surface area contributed by atoms with E-state index >= 15 is 0 Å². The molecule has 4 rings (SSSR count). The van der Waals surface area contributed by atoms with Gasteiger partial charge in [0.25, 0.3) is 5.56 Å². The molecule has 3 aromatic rings. The van der Waals surface area contributed by atoms with Gasteiger partial charge in [0, 0.05) is 16.4 Å². The molecule has 166 valence electrons. The van der Waals surface area contributed by atoms with E-state index < -0.39 is 0 Å². The fourth-order valence-electron chi connectivity index (χ4n) is 3.94. The number of carbonyl (C=O) groups is 1. The fraction of sp³-hybridized carbons (Fsp3) is 0.500. The molecule has 1 aliphatic heterocycles. The van der Waals surface area contributed by atoms with Crippen molar-refractivity contribution < 1.29 is 9.53 Å². The monoisotopic (exact) mass is 477 g/mol. The van der Waals surface area contributed by atoms with E-state index in [0.717, 1.165) is 51.4 Å². The summed E-state index contributed by atoms with van der Waals surface area (Å²) in [5.41, 5.74) is 1.06. The van der Waals surface area contributed by atoms with Crippen molar-refractivity contribution in [3.8, 4) is 0 Å². The van der Waals surface area contributed by atoms with Crippen molar-refractivity contribution in [2.24, 2.45) is 0 Å². The molecule has 1 amide bonds. The molecule has 6 nitrogen and oxygen atoms in total. The van der Waals surface area contributed by atoms with Crippen LogP contribution in [-0.2, 0) is 22.5 Å². The number of aryl methyl sites for hydroxylation is 2. The molecule has 2 unspecified atom stereocenters. The third kappa shape index (κ3) is 4.89. The zero-order valence-corrected chi connectivity index (χ0v) is 20.4. The predicted octanol–water partition coefficient (Wildman–Crippen LogP) is 4.54. The van der Waals surface area contributed by atoms with Crippen molar-refractivity contribution in [3.63, 3.8) is 0 Å². The second kappa shape index (κ2) is 9.85. The van der Waals surface area contributed by atoms with Crippen LogP contribution < -0.4 is 10.9 Å².